The van der Waals surface area contributed by atoms with Crippen LogP contribution in [0.4, 0.5) is 0 Å². The van der Waals surface area contributed by atoms with Gasteiger partial charge in [0.2, 0.25) is 0 Å². The van der Waals surface area contributed by atoms with E-state index in [2.05, 4.69) is 29.0 Å². The van der Waals surface area contributed by atoms with E-state index in [9.17, 15) is 4.79 Å². The number of hydrogen-bond donors (Lipinski definition) is 0. The first-order valence-corrected chi connectivity index (χ1v) is 7.35. The first-order valence-electron chi connectivity index (χ1n) is 6.41. The second-order valence-corrected chi connectivity index (χ2v) is 5.29. The fourth-order valence-electron chi connectivity index (χ4n) is 1.98. The second kappa shape index (κ2) is 7.12. The van der Waals surface area contributed by atoms with Crippen LogP contribution in [0.25, 0.3) is 0 Å². The van der Waals surface area contributed by atoms with E-state index in [0.717, 1.165) is 19.3 Å². The van der Waals surface area contributed by atoms with Crippen molar-refractivity contribution in [1.82, 2.24) is 0 Å². The van der Waals surface area contributed by atoms with Crippen LogP contribution in [-0.4, -0.2) is 5.78 Å². The molecule has 0 atom stereocenters. The first-order chi connectivity index (χ1) is 8.84. The van der Waals surface area contributed by atoms with Crippen LogP contribution in [0, 0.1) is 0 Å². The van der Waals surface area contributed by atoms with Gasteiger partial charge in [0.05, 0.1) is 0 Å². The van der Waals surface area contributed by atoms with Crippen molar-refractivity contribution < 1.29 is 4.79 Å². The molecule has 0 bridgehead atoms. The molecule has 1 nitrogen and oxygen atoms in total. The van der Waals surface area contributed by atoms with Crippen LogP contribution in [-0.2, 0) is 17.6 Å². The molecule has 0 saturated heterocycles. The van der Waals surface area contributed by atoms with Gasteiger partial charge >= 0.3 is 0 Å². The molecule has 0 N–H and O–H groups in total. The van der Waals surface area contributed by atoms with Gasteiger partial charge in [-0.2, -0.15) is 11.3 Å². The first kappa shape index (κ1) is 13.0. The van der Waals surface area contributed by atoms with E-state index in [4.69, 9.17) is 0 Å². The van der Waals surface area contributed by atoms with Crippen LogP contribution in [0.15, 0.2) is 47.2 Å². The van der Waals surface area contributed by atoms with Crippen molar-refractivity contribution in [2.75, 3.05) is 0 Å². The highest BCUT2D eigenvalue weighted by Gasteiger charge is 2.03. The van der Waals surface area contributed by atoms with Gasteiger partial charge in [0.1, 0.15) is 5.78 Å². The minimum atomic E-state index is 0.386. The average Bonchev–Trinajstić information content (AvgIpc) is 2.91. The molecule has 0 radical (unpaired) electrons. The van der Waals surface area contributed by atoms with Gasteiger partial charge in [-0.1, -0.05) is 30.3 Å². The van der Waals surface area contributed by atoms with Gasteiger partial charge in [-0.15, -0.1) is 0 Å². The lowest BCUT2D eigenvalue weighted by atomic mass is 10.0. The van der Waals surface area contributed by atoms with Crippen molar-refractivity contribution in [3.05, 3.63) is 58.3 Å². The molecule has 0 fully saturated rings. The van der Waals surface area contributed by atoms with Crippen molar-refractivity contribution in [3.63, 3.8) is 0 Å². The maximum atomic E-state index is 11.7. The van der Waals surface area contributed by atoms with E-state index in [0.29, 0.717) is 18.6 Å². The minimum absolute atomic E-state index is 0.386. The van der Waals surface area contributed by atoms with Crippen molar-refractivity contribution in [1.29, 1.82) is 0 Å². The van der Waals surface area contributed by atoms with Crippen molar-refractivity contribution in [3.8, 4) is 0 Å². The number of benzene rings is 1. The summed E-state index contributed by atoms with van der Waals surface area (Å²) in [4.78, 5) is 11.7. The molecule has 94 valence electrons. The molecule has 0 spiro atoms. The molecule has 18 heavy (non-hydrogen) atoms. The van der Waals surface area contributed by atoms with E-state index in [1.165, 1.54) is 11.1 Å². The summed E-state index contributed by atoms with van der Waals surface area (Å²) in [7, 11) is 0. The number of aryl methyl sites for hydroxylation is 2. The van der Waals surface area contributed by atoms with E-state index in [-0.39, 0.29) is 0 Å². The summed E-state index contributed by atoms with van der Waals surface area (Å²) in [6.07, 6.45) is 4.26. The number of rotatable bonds is 7. The molecule has 0 saturated carbocycles. The summed E-state index contributed by atoms with van der Waals surface area (Å²) in [5.41, 5.74) is 2.61. The molecule has 0 unspecified atom stereocenters. The number of carbonyl (C=O) groups is 1. The van der Waals surface area contributed by atoms with Crippen LogP contribution in [0.2, 0.25) is 0 Å². The Morgan fingerprint density at radius 2 is 1.78 bits per heavy atom. The SMILES string of the molecule is O=C(CCCc1ccccc1)CCc1ccsc1. The Labute approximate surface area is 112 Å². The van der Waals surface area contributed by atoms with Crippen molar-refractivity contribution in [2.45, 2.75) is 32.1 Å². The Morgan fingerprint density at radius 3 is 2.50 bits per heavy atom. The summed E-state index contributed by atoms with van der Waals surface area (Å²) >= 11 is 1.70. The lowest BCUT2D eigenvalue weighted by Crippen LogP contribution is -2.00. The zero-order valence-corrected chi connectivity index (χ0v) is 11.3. The van der Waals surface area contributed by atoms with Crippen LogP contribution in [0.5, 0.6) is 0 Å². The van der Waals surface area contributed by atoms with Gasteiger partial charge in [-0.25, -0.2) is 0 Å². The van der Waals surface area contributed by atoms with Crippen molar-refractivity contribution >= 4 is 17.1 Å². The summed E-state index contributed by atoms with van der Waals surface area (Å²) in [6, 6.07) is 12.5. The van der Waals surface area contributed by atoms with E-state index < -0.39 is 0 Å². The Morgan fingerprint density at radius 1 is 0.944 bits per heavy atom. The van der Waals surface area contributed by atoms with Gasteiger partial charge in [0.15, 0.2) is 0 Å². The lowest BCUT2D eigenvalue weighted by Gasteiger charge is -2.01. The quantitative estimate of drug-likeness (QED) is 0.724. The molecule has 1 aromatic heterocycles. The maximum absolute atomic E-state index is 11.7. The molecule has 1 heterocycles. The third-order valence-corrected chi connectivity index (χ3v) is 3.77. The molecule has 2 rings (SSSR count). The highest BCUT2D eigenvalue weighted by molar-refractivity contribution is 7.07. The summed E-state index contributed by atoms with van der Waals surface area (Å²) < 4.78 is 0. The number of carbonyl (C=O) groups excluding carboxylic acids is 1. The highest BCUT2D eigenvalue weighted by atomic mass is 32.1. The number of ketones is 1. The van der Waals surface area contributed by atoms with E-state index in [1.54, 1.807) is 11.3 Å². The van der Waals surface area contributed by atoms with Gasteiger partial charge in [-0.05, 0) is 47.2 Å². The summed E-state index contributed by atoms with van der Waals surface area (Å²) in [5.74, 6) is 0.386. The Balaban J connectivity index is 1.63. The monoisotopic (exact) mass is 258 g/mol. The van der Waals surface area contributed by atoms with E-state index in [1.807, 2.05) is 18.2 Å². The van der Waals surface area contributed by atoms with Crippen LogP contribution in [0.1, 0.15) is 30.4 Å². The predicted molar refractivity (Wildman–Crippen MR) is 77.0 cm³/mol. The number of Topliss-reactive ketones (excluding diaryl/α,β-unsaturated/α-hetero) is 1. The third-order valence-electron chi connectivity index (χ3n) is 3.04. The molecular weight excluding hydrogens is 240 g/mol. The van der Waals surface area contributed by atoms with Gasteiger partial charge in [0, 0.05) is 12.8 Å². The summed E-state index contributed by atoms with van der Waals surface area (Å²) in [5, 5.41) is 4.19. The molecule has 2 heteroatoms. The normalized spacial score (nSPS) is 10.4. The second-order valence-electron chi connectivity index (χ2n) is 4.51. The van der Waals surface area contributed by atoms with Crippen LogP contribution in [0.3, 0.4) is 0 Å². The van der Waals surface area contributed by atoms with Gasteiger partial charge < -0.3 is 0 Å². The smallest absolute Gasteiger partial charge is 0.133 e. The molecule has 0 aliphatic rings. The largest absolute Gasteiger partial charge is 0.300 e. The van der Waals surface area contributed by atoms with Crippen molar-refractivity contribution in [2.24, 2.45) is 0 Å². The number of hydrogen-bond acceptors (Lipinski definition) is 2. The molecular formula is C16H18OS. The zero-order valence-electron chi connectivity index (χ0n) is 10.5. The fraction of sp³-hybridized carbons (Fsp3) is 0.312. The maximum Gasteiger partial charge on any atom is 0.133 e. The molecule has 0 aliphatic carbocycles. The Hall–Kier alpha value is -1.41. The van der Waals surface area contributed by atoms with Crippen LogP contribution < -0.4 is 0 Å². The average molecular weight is 258 g/mol. The zero-order chi connectivity index (χ0) is 12.6. The van der Waals surface area contributed by atoms with Gasteiger partial charge in [0.25, 0.3) is 0 Å². The Kier molecular flexibility index (Phi) is 5.15. The lowest BCUT2D eigenvalue weighted by molar-refractivity contribution is -0.119. The van der Waals surface area contributed by atoms with Gasteiger partial charge in [-0.3, -0.25) is 4.79 Å². The molecule has 0 amide bonds. The third kappa shape index (κ3) is 4.46. The standard InChI is InChI=1S/C16H18OS/c17-16(10-9-15-11-12-18-13-15)8-4-7-14-5-2-1-3-6-14/h1-3,5-6,11-13H,4,7-10H2. The minimum Gasteiger partial charge on any atom is -0.300 e. The van der Waals surface area contributed by atoms with E-state index >= 15 is 0 Å². The molecule has 0 aliphatic heterocycles. The fourth-order valence-corrected chi connectivity index (χ4v) is 2.68. The topological polar surface area (TPSA) is 17.1 Å². The predicted octanol–water partition coefficient (Wildman–Crippen LogP) is 4.27. The Bertz CT molecular complexity index is 459. The molecule has 2 aromatic rings. The number of thiophene rings is 1. The highest BCUT2D eigenvalue weighted by Crippen LogP contribution is 2.11. The summed E-state index contributed by atoms with van der Waals surface area (Å²) in [6.45, 7) is 0. The van der Waals surface area contributed by atoms with Crippen LogP contribution >= 0.6 is 11.3 Å². The molecule has 1 aromatic carbocycles.